The van der Waals surface area contributed by atoms with Crippen molar-refractivity contribution >= 4 is 17.6 Å². The third-order valence-corrected chi connectivity index (χ3v) is 6.94. The number of likely N-dealkylation sites (N-methyl/N-ethyl adjacent to an activating group) is 1. The lowest BCUT2D eigenvalue weighted by Gasteiger charge is -2.37. The third-order valence-electron chi connectivity index (χ3n) is 6.94. The van der Waals surface area contributed by atoms with Crippen LogP contribution in [0.1, 0.15) is 24.2 Å². The lowest BCUT2D eigenvalue weighted by atomic mass is 9.99. The molecule has 204 valence electrons. The summed E-state index contributed by atoms with van der Waals surface area (Å²) in [6, 6.07) is 9.89. The van der Waals surface area contributed by atoms with Crippen molar-refractivity contribution in [1.29, 1.82) is 0 Å². The van der Waals surface area contributed by atoms with Crippen LogP contribution in [-0.2, 0) is 0 Å². The average Bonchev–Trinajstić information content (AvgIpc) is 3.42. The van der Waals surface area contributed by atoms with Gasteiger partial charge in [-0.05, 0) is 31.2 Å². The summed E-state index contributed by atoms with van der Waals surface area (Å²) in [6.07, 6.45) is 4.54. The standard InChI is InChI=1S/C28H31N5O6/c1-17-13-33(18(2)15-34)27(35)22-9-20(19-5-4-8-29-11-19)12-30-26(22)39-25(17)14-32(3)28(36)31-21-6-7-23-24(10-21)38-16-37-23/h4-12,17-18,25,34H,13-16H2,1-3H3,(H,31,36)/t17-,18-,25-/m1/s1. The van der Waals surface area contributed by atoms with Gasteiger partial charge in [0.1, 0.15) is 11.7 Å². The van der Waals surface area contributed by atoms with Crippen LogP contribution in [0, 0.1) is 5.92 Å². The number of hydrogen-bond acceptors (Lipinski definition) is 8. The number of ether oxygens (including phenoxy) is 3. The summed E-state index contributed by atoms with van der Waals surface area (Å²) in [7, 11) is 1.68. The first-order valence-corrected chi connectivity index (χ1v) is 12.7. The van der Waals surface area contributed by atoms with Gasteiger partial charge in [0.2, 0.25) is 12.7 Å². The van der Waals surface area contributed by atoms with Crippen LogP contribution in [0.15, 0.2) is 55.0 Å². The van der Waals surface area contributed by atoms with Gasteiger partial charge in [-0.2, -0.15) is 0 Å². The lowest BCUT2D eigenvalue weighted by Crippen LogP contribution is -2.50. The second-order valence-corrected chi connectivity index (χ2v) is 9.82. The van der Waals surface area contributed by atoms with E-state index in [-0.39, 0.29) is 43.7 Å². The average molecular weight is 534 g/mol. The molecule has 2 aliphatic rings. The number of urea groups is 1. The van der Waals surface area contributed by atoms with Crippen LogP contribution in [0.3, 0.4) is 0 Å². The molecule has 5 rings (SSSR count). The number of pyridine rings is 2. The Morgan fingerprint density at radius 3 is 2.79 bits per heavy atom. The molecular formula is C28H31N5O6. The van der Waals surface area contributed by atoms with E-state index >= 15 is 0 Å². The van der Waals surface area contributed by atoms with E-state index < -0.39 is 12.1 Å². The number of aromatic nitrogens is 2. The molecule has 11 heteroatoms. The molecule has 0 saturated carbocycles. The topological polar surface area (TPSA) is 126 Å². The Morgan fingerprint density at radius 2 is 2.03 bits per heavy atom. The molecule has 0 spiro atoms. The van der Waals surface area contributed by atoms with Crippen LogP contribution in [-0.4, -0.2) is 82.5 Å². The van der Waals surface area contributed by atoms with Crippen molar-refractivity contribution in [2.75, 3.05) is 38.9 Å². The highest BCUT2D eigenvalue weighted by Crippen LogP contribution is 2.34. The van der Waals surface area contributed by atoms with Crippen LogP contribution in [0.5, 0.6) is 17.4 Å². The molecule has 0 bridgehead atoms. The van der Waals surface area contributed by atoms with Gasteiger partial charge in [0.05, 0.1) is 19.2 Å². The van der Waals surface area contributed by atoms with Crippen LogP contribution in [0.4, 0.5) is 10.5 Å². The van der Waals surface area contributed by atoms with E-state index in [9.17, 15) is 14.7 Å². The smallest absolute Gasteiger partial charge is 0.321 e. The van der Waals surface area contributed by atoms with E-state index in [0.29, 0.717) is 29.3 Å². The highest BCUT2D eigenvalue weighted by atomic mass is 16.7. The van der Waals surface area contributed by atoms with Gasteiger partial charge in [-0.3, -0.25) is 9.78 Å². The number of benzene rings is 1. The number of aliphatic hydroxyl groups excluding tert-OH is 1. The van der Waals surface area contributed by atoms with Crippen molar-refractivity contribution in [3.63, 3.8) is 0 Å². The number of nitrogens with zero attached hydrogens (tertiary/aromatic N) is 4. The monoisotopic (exact) mass is 533 g/mol. The molecule has 3 amide bonds. The minimum atomic E-state index is -0.477. The largest absolute Gasteiger partial charge is 0.472 e. The van der Waals surface area contributed by atoms with Crippen LogP contribution in [0.25, 0.3) is 11.1 Å². The first-order chi connectivity index (χ1) is 18.8. The molecule has 11 nitrogen and oxygen atoms in total. The summed E-state index contributed by atoms with van der Waals surface area (Å²) in [5.74, 6) is 0.945. The predicted octanol–water partition coefficient (Wildman–Crippen LogP) is 3.26. The molecule has 39 heavy (non-hydrogen) atoms. The highest BCUT2D eigenvalue weighted by Gasteiger charge is 2.35. The van der Waals surface area contributed by atoms with Crippen LogP contribution >= 0.6 is 0 Å². The number of carbonyl (C=O) groups is 2. The number of anilines is 1. The van der Waals surface area contributed by atoms with Crippen molar-refractivity contribution in [2.45, 2.75) is 26.0 Å². The van der Waals surface area contributed by atoms with Gasteiger partial charge < -0.3 is 34.4 Å². The zero-order chi connectivity index (χ0) is 27.5. The number of hydrogen-bond donors (Lipinski definition) is 2. The van der Waals surface area contributed by atoms with Gasteiger partial charge in [0.15, 0.2) is 11.5 Å². The maximum absolute atomic E-state index is 13.6. The minimum Gasteiger partial charge on any atom is -0.472 e. The summed E-state index contributed by atoms with van der Waals surface area (Å²) < 4.78 is 17.0. The second-order valence-electron chi connectivity index (χ2n) is 9.82. The van der Waals surface area contributed by atoms with Crippen molar-refractivity contribution in [2.24, 2.45) is 5.92 Å². The minimum absolute atomic E-state index is 0.150. The van der Waals surface area contributed by atoms with Crippen molar-refractivity contribution in [1.82, 2.24) is 19.8 Å². The van der Waals surface area contributed by atoms with Crippen LogP contribution in [0.2, 0.25) is 0 Å². The van der Waals surface area contributed by atoms with Gasteiger partial charge in [-0.1, -0.05) is 13.0 Å². The second kappa shape index (κ2) is 11.2. The van der Waals surface area contributed by atoms with Gasteiger partial charge in [0.25, 0.3) is 5.91 Å². The Morgan fingerprint density at radius 1 is 1.21 bits per heavy atom. The normalized spacial score (nSPS) is 18.9. The molecule has 0 unspecified atom stereocenters. The van der Waals surface area contributed by atoms with Crippen molar-refractivity contribution in [3.05, 3.63) is 60.6 Å². The van der Waals surface area contributed by atoms with Gasteiger partial charge in [0, 0.05) is 61.0 Å². The molecular weight excluding hydrogens is 502 g/mol. The fourth-order valence-electron chi connectivity index (χ4n) is 4.56. The Kier molecular flexibility index (Phi) is 7.51. The van der Waals surface area contributed by atoms with Crippen molar-refractivity contribution in [3.8, 4) is 28.5 Å². The molecule has 0 saturated heterocycles. The lowest BCUT2D eigenvalue weighted by molar-refractivity contribution is 0.0356. The first-order valence-electron chi connectivity index (χ1n) is 12.7. The zero-order valence-electron chi connectivity index (χ0n) is 22.0. The van der Waals surface area contributed by atoms with Crippen LogP contribution < -0.4 is 19.5 Å². The molecule has 2 N–H and O–H groups in total. The Balaban J connectivity index is 1.38. The Bertz CT molecular complexity index is 1350. The maximum atomic E-state index is 13.6. The van der Waals surface area contributed by atoms with E-state index in [0.717, 1.165) is 11.1 Å². The molecule has 0 radical (unpaired) electrons. The number of nitrogens with one attached hydrogen (secondary N) is 1. The number of carbonyl (C=O) groups excluding carboxylic acids is 2. The number of fused-ring (bicyclic) bond motifs is 2. The number of amides is 3. The third kappa shape index (κ3) is 5.58. The predicted molar refractivity (Wildman–Crippen MR) is 143 cm³/mol. The van der Waals surface area contributed by atoms with Gasteiger partial charge >= 0.3 is 6.03 Å². The van der Waals surface area contributed by atoms with E-state index in [1.54, 1.807) is 61.7 Å². The van der Waals surface area contributed by atoms with E-state index in [1.807, 2.05) is 19.1 Å². The van der Waals surface area contributed by atoms with E-state index in [1.165, 1.54) is 4.90 Å². The van der Waals surface area contributed by atoms with E-state index in [2.05, 4.69) is 15.3 Å². The molecule has 3 atom stereocenters. The summed E-state index contributed by atoms with van der Waals surface area (Å²) in [6.45, 7) is 4.28. The Labute approximate surface area is 226 Å². The molecule has 0 fully saturated rings. The number of rotatable bonds is 6. The molecule has 3 aromatic rings. The van der Waals surface area contributed by atoms with E-state index in [4.69, 9.17) is 14.2 Å². The fraction of sp³-hybridized carbons (Fsp3) is 0.357. The highest BCUT2D eigenvalue weighted by molar-refractivity contribution is 5.98. The molecule has 2 aromatic heterocycles. The SMILES string of the molecule is C[C@@H]1CN([C@H](C)CO)C(=O)c2cc(-c3cccnc3)cnc2O[C@@H]1CN(C)C(=O)Nc1ccc2c(c1)OCO2. The molecule has 2 aliphatic heterocycles. The molecule has 0 aliphatic carbocycles. The molecule has 4 heterocycles. The van der Waals surface area contributed by atoms with Crippen molar-refractivity contribution < 1.29 is 28.9 Å². The maximum Gasteiger partial charge on any atom is 0.321 e. The summed E-state index contributed by atoms with van der Waals surface area (Å²) >= 11 is 0. The number of aliphatic hydroxyl groups is 1. The van der Waals surface area contributed by atoms with Gasteiger partial charge in [-0.25, -0.2) is 9.78 Å². The Hall–Kier alpha value is -4.38. The first kappa shape index (κ1) is 26.2. The van der Waals surface area contributed by atoms with Gasteiger partial charge in [-0.15, -0.1) is 0 Å². The summed E-state index contributed by atoms with van der Waals surface area (Å²) in [5.41, 5.74) is 2.40. The quantitative estimate of drug-likeness (QED) is 0.495. The molecule has 1 aromatic carbocycles. The fourth-order valence-corrected chi connectivity index (χ4v) is 4.56. The summed E-state index contributed by atoms with van der Waals surface area (Å²) in [4.78, 5) is 38.5. The zero-order valence-corrected chi connectivity index (χ0v) is 22.0. The summed E-state index contributed by atoms with van der Waals surface area (Å²) in [5, 5.41) is 12.8.